The largest absolute Gasteiger partial charge is 0.475 e. The molecule has 2 heterocycles. The lowest BCUT2D eigenvalue weighted by atomic mass is 10.2. The van der Waals surface area contributed by atoms with Crippen molar-refractivity contribution >= 4 is 18.1 Å². The van der Waals surface area contributed by atoms with Gasteiger partial charge in [-0.2, -0.15) is 0 Å². The molecule has 2 aromatic heterocycles. The summed E-state index contributed by atoms with van der Waals surface area (Å²) in [5.41, 5.74) is 2.17. The van der Waals surface area contributed by atoms with Gasteiger partial charge in [-0.3, -0.25) is 9.36 Å². The van der Waals surface area contributed by atoms with Crippen LogP contribution in [0.2, 0.25) is 0 Å². The Labute approximate surface area is 156 Å². The van der Waals surface area contributed by atoms with Crippen LogP contribution in [0.4, 0.5) is 0 Å². The minimum Gasteiger partial charge on any atom is -0.475 e. The molecule has 1 amide bonds. The maximum Gasteiger partial charge on any atom is 0.270 e. The molecule has 26 heavy (non-hydrogen) atoms. The number of carbonyl (C=O) groups is 1. The molecule has 0 unspecified atom stereocenters. The van der Waals surface area contributed by atoms with E-state index in [9.17, 15) is 4.79 Å². The number of rotatable bonds is 6. The number of hydrogen-bond acceptors (Lipinski definition) is 4. The van der Waals surface area contributed by atoms with E-state index in [0.717, 1.165) is 11.3 Å². The maximum absolute atomic E-state index is 12.6. The van der Waals surface area contributed by atoms with Gasteiger partial charge in [0, 0.05) is 30.7 Å². The number of imidazole rings is 1. The van der Waals surface area contributed by atoms with E-state index in [2.05, 4.69) is 15.3 Å². The highest BCUT2D eigenvalue weighted by atomic mass is 32.1. The molecule has 1 aromatic carbocycles. The quantitative estimate of drug-likeness (QED) is 0.652. The fourth-order valence-electron chi connectivity index (χ4n) is 2.47. The molecule has 0 radical (unpaired) electrons. The van der Waals surface area contributed by atoms with Crippen molar-refractivity contribution in [1.82, 2.24) is 19.9 Å². The summed E-state index contributed by atoms with van der Waals surface area (Å²) in [5, 5.41) is 2.89. The minimum atomic E-state index is -0.219. The third-order valence-electron chi connectivity index (χ3n) is 3.63. The number of ether oxygens (including phenoxy) is 1. The van der Waals surface area contributed by atoms with Crippen LogP contribution in [0.25, 0.3) is 5.69 Å². The van der Waals surface area contributed by atoms with Crippen LogP contribution in [0.1, 0.15) is 29.9 Å². The summed E-state index contributed by atoms with van der Waals surface area (Å²) in [5.74, 6) is 0.349. The van der Waals surface area contributed by atoms with Crippen LogP contribution >= 0.6 is 12.2 Å². The van der Waals surface area contributed by atoms with Gasteiger partial charge in [0.2, 0.25) is 5.88 Å². The van der Waals surface area contributed by atoms with Crippen molar-refractivity contribution in [3.05, 3.63) is 70.9 Å². The third kappa shape index (κ3) is 4.18. The number of aromatic nitrogens is 3. The average Bonchev–Trinajstić information content (AvgIpc) is 3.03. The lowest BCUT2D eigenvalue weighted by Crippen LogP contribution is -2.25. The molecule has 3 rings (SSSR count). The summed E-state index contributed by atoms with van der Waals surface area (Å²) >= 11 is 5.30. The number of hydrogen-bond donors (Lipinski definition) is 2. The average molecular weight is 368 g/mol. The fraction of sp³-hybridized carbons (Fsp3) is 0.211. The topological polar surface area (TPSA) is 71.9 Å². The molecule has 0 bridgehead atoms. The van der Waals surface area contributed by atoms with Crippen LogP contribution in [0, 0.1) is 4.77 Å². The number of para-hydroxylation sites is 1. The molecule has 0 aliphatic heterocycles. The summed E-state index contributed by atoms with van der Waals surface area (Å²) in [7, 11) is 0. The number of H-pyrrole nitrogens is 1. The van der Waals surface area contributed by atoms with Crippen molar-refractivity contribution in [3.63, 3.8) is 0 Å². The second-order valence-corrected chi connectivity index (χ2v) is 6.39. The number of pyridine rings is 1. The standard InChI is InChI=1S/C19H20N4O2S/c1-13(2)25-17-9-8-14(10-20-17)11-21-18(24)16-12-22-19(26)23(16)15-6-4-3-5-7-15/h3-10,12-13H,11H2,1-2H3,(H,21,24)(H,22,26). The molecule has 0 aliphatic carbocycles. The van der Waals surface area contributed by atoms with E-state index in [4.69, 9.17) is 17.0 Å². The predicted molar refractivity (Wildman–Crippen MR) is 102 cm³/mol. The van der Waals surface area contributed by atoms with Crippen LogP contribution in [0.15, 0.2) is 54.9 Å². The maximum atomic E-state index is 12.6. The monoisotopic (exact) mass is 368 g/mol. The van der Waals surface area contributed by atoms with Gasteiger partial charge in [0.1, 0.15) is 5.69 Å². The van der Waals surface area contributed by atoms with Crippen molar-refractivity contribution in [2.75, 3.05) is 0 Å². The van der Waals surface area contributed by atoms with Crippen LogP contribution < -0.4 is 10.1 Å². The Bertz CT molecular complexity index is 930. The Kier molecular flexibility index (Phi) is 5.48. The number of benzene rings is 1. The zero-order chi connectivity index (χ0) is 18.5. The first-order valence-corrected chi connectivity index (χ1v) is 8.71. The minimum absolute atomic E-state index is 0.0719. The van der Waals surface area contributed by atoms with Crippen molar-refractivity contribution in [1.29, 1.82) is 0 Å². The van der Waals surface area contributed by atoms with Crippen LogP contribution in [-0.2, 0) is 6.54 Å². The second kappa shape index (κ2) is 7.97. The van der Waals surface area contributed by atoms with E-state index in [1.54, 1.807) is 23.0 Å². The lowest BCUT2D eigenvalue weighted by Gasteiger charge is -2.10. The molecule has 0 fully saturated rings. The van der Waals surface area contributed by atoms with Crippen molar-refractivity contribution in [3.8, 4) is 11.6 Å². The second-order valence-electron chi connectivity index (χ2n) is 6.00. The summed E-state index contributed by atoms with van der Waals surface area (Å²) in [6, 6.07) is 13.2. The Morgan fingerprint density at radius 3 is 2.69 bits per heavy atom. The van der Waals surface area contributed by atoms with Crippen molar-refractivity contribution in [2.24, 2.45) is 0 Å². The van der Waals surface area contributed by atoms with Gasteiger partial charge in [-0.15, -0.1) is 0 Å². The Morgan fingerprint density at radius 2 is 2.04 bits per heavy atom. The SMILES string of the molecule is CC(C)Oc1ccc(CNC(=O)c2c[nH]c(=S)n2-c2ccccc2)cn1. The molecule has 2 N–H and O–H groups in total. The summed E-state index contributed by atoms with van der Waals surface area (Å²) < 4.78 is 7.70. The number of nitrogens with zero attached hydrogens (tertiary/aromatic N) is 2. The Hall–Kier alpha value is -2.93. The van der Waals surface area contributed by atoms with E-state index in [-0.39, 0.29) is 12.0 Å². The Balaban J connectivity index is 1.71. The number of amides is 1. The highest BCUT2D eigenvalue weighted by Gasteiger charge is 2.14. The molecule has 0 saturated heterocycles. The first-order valence-electron chi connectivity index (χ1n) is 8.30. The predicted octanol–water partition coefficient (Wildman–Crippen LogP) is 3.65. The smallest absolute Gasteiger partial charge is 0.270 e. The normalized spacial score (nSPS) is 10.7. The Morgan fingerprint density at radius 1 is 1.27 bits per heavy atom. The van der Waals surface area contributed by atoms with Gasteiger partial charge in [-0.05, 0) is 43.8 Å². The van der Waals surface area contributed by atoms with Gasteiger partial charge in [0.15, 0.2) is 4.77 Å². The summed E-state index contributed by atoms with van der Waals surface area (Å²) in [4.78, 5) is 19.8. The highest BCUT2D eigenvalue weighted by Crippen LogP contribution is 2.13. The lowest BCUT2D eigenvalue weighted by molar-refractivity contribution is 0.0944. The van der Waals surface area contributed by atoms with Gasteiger partial charge >= 0.3 is 0 Å². The number of aromatic amines is 1. The van der Waals surface area contributed by atoms with Gasteiger partial charge in [-0.1, -0.05) is 24.3 Å². The fourth-order valence-corrected chi connectivity index (χ4v) is 2.73. The van der Waals surface area contributed by atoms with Crippen molar-refractivity contribution in [2.45, 2.75) is 26.5 Å². The highest BCUT2D eigenvalue weighted by molar-refractivity contribution is 7.71. The van der Waals surface area contributed by atoms with Crippen LogP contribution in [0.3, 0.4) is 0 Å². The van der Waals surface area contributed by atoms with Crippen LogP contribution in [0.5, 0.6) is 5.88 Å². The zero-order valence-electron chi connectivity index (χ0n) is 14.6. The van der Waals surface area contributed by atoms with E-state index in [1.165, 1.54) is 0 Å². The van der Waals surface area contributed by atoms with Gasteiger partial charge in [0.25, 0.3) is 5.91 Å². The first-order chi connectivity index (χ1) is 12.5. The molecule has 7 heteroatoms. The molecule has 0 atom stereocenters. The molecule has 0 aliphatic rings. The van der Waals surface area contributed by atoms with Crippen molar-refractivity contribution < 1.29 is 9.53 Å². The summed E-state index contributed by atoms with van der Waals surface area (Å²) in [6.07, 6.45) is 3.38. The van der Waals surface area contributed by atoms with Gasteiger partial charge < -0.3 is 15.0 Å². The molecule has 134 valence electrons. The van der Waals surface area contributed by atoms with E-state index in [0.29, 0.717) is 22.9 Å². The molecule has 6 nitrogen and oxygen atoms in total. The molecule has 0 spiro atoms. The zero-order valence-corrected chi connectivity index (χ0v) is 15.4. The molecular formula is C19H20N4O2S. The van der Waals surface area contributed by atoms with Crippen LogP contribution in [-0.4, -0.2) is 26.5 Å². The van der Waals surface area contributed by atoms with E-state index >= 15 is 0 Å². The third-order valence-corrected chi connectivity index (χ3v) is 3.93. The first kappa shape index (κ1) is 17.9. The summed E-state index contributed by atoms with van der Waals surface area (Å²) in [6.45, 7) is 4.25. The van der Waals surface area contributed by atoms with Gasteiger partial charge in [0.05, 0.1) is 6.10 Å². The number of carbonyl (C=O) groups excluding carboxylic acids is 1. The number of nitrogens with one attached hydrogen (secondary N) is 2. The van der Waals surface area contributed by atoms with E-state index in [1.807, 2.05) is 50.2 Å². The molecule has 0 saturated carbocycles. The van der Waals surface area contributed by atoms with Gasteiger partial charge in [-0.25, -0.2) is 4.98 Å². The molecule has 3 aromatic rings. The van der Waals surface area contributed by atoms with E-state index < -0.39 is 0 Å². The molecular weight excluding hydrogens is 348 g/mol.